The monoisotopic (exact) mass is 222 g/mol. The van der Waals surface area contributed by atoms with Crippen molar-refractivity contribution in [3.63, 3.8) is 0 Å². The summed E-state index contributed by atoms with van der Waals surface area (Å²) in [6.45, 7) is 6.17. The van der Waals surface area contributed by atoms with E-state index in [2.05, 4.69) is 6.92 Å². The first kappa shape index (κ1) is 12.9. The topological polar surface area (TPSA) is 29.5 Å². The van der Waals surface area contributed by atoms with Crippen molar-refractivity contribution in [3.05, 3.63) is 23.8 Å². The molecule has 2 rings (SSSR count). The molecule has 1 aliphatic rings. The van der Waals surface area contributed by atoms with Crippen LogP contribution < -0.4 is 4.74 Å². The first-order valence-electron chi connectivity index (χ1n) is 6.10. The van der Waals surface area contributed by atoms with Gasteiger partial charge in [0.1, 0.15) is 0 Å². The van der Waals surface area contributed by atoms with Crippen LogP contribution in [0.25, 0.3) is 0 Å². The Morgan fingerprint density at radius 3 is 2.44 bits per heavy atom. The molecule has 1 fully saturated rings. The molecular weight excluding hydrogens is 200 g/mol. The van der Waals surface area contributed by atoms with Gasteiger partial charge in [-0.3, -0.25) is 0 Å². The Kier molecular flexibility index (Phi) is 4.66. The van der Waals surface area contributed by atoms with Crippen LogP contribution in [0, 0.1) is 5.92 Å². The average molecular weight is 222 g/mol. The molecule has 2 nitrogen and oxygen atoms in total. The highest BCUT2D eigenvalue weighted by atomic mass is 16.5. The molecule has 0 aliphatic heterocycles. The SMILES string of the molecule is CC.COc1cccc(C(C)C2CC2)c1O. The molecule has 1 N–H and O–H groups in total. The molecule has 0 bridgehead atoms. The number of benzene rings is 1. The van der Waals surface area contributed by atoms with Crippen molar-refractivity contribution in [2.24, 2.45) is 5.92 Å². The Morgan fingerprint density at radius 1 is 1.31 bits per heavy atom. The van der Waals surface area contributed by atoms with Crippen LogP contribution in [0.3, 0.4) is 0 Å². The Balaban J connectivity index is 0.000000606. The van der Waals surface area contributed by atoms with Gasteiger partial charge in [-0.05, 0) is 30.7 Å². The number of methoxy groups -OCH3 is 1. The van der Waals surface area contributed by atoms with Gasteiger partial charge >= 0.3 is 0 Å². The van der Waals surface area contributed by atoms with Gasteiger partial charge in [-0.2, -0.15) is 0 Å². The number of phenols is 1. The summed E-state index contributed by atoms with van der Waals surface area (Å²) >= 11 is 0. The van der Waals surface area contributed by atoms with E-state index in [1.165, 1.54) is 12.8 Å². The zero-order chi connectivity index (χ0) is 12.1. The van der Waals surface area contributed by atoms with Crippen molar-refractivity contribution in [1.82, 2.24) is 0 Å². The molecule has 1 aromatic rings. The van der Waals surface area contributed by atoms with Crippen molar-refractivity contribution in [1.29, 1.82) is 0 Å². The molecule has 90 valence electrons. The van der Waals surface area contributed by atoms with Gasteiger partial charge in [0.15, 0.2) is 11.5 Å². The fourth-order valence-electron chi connectivity index (χ4n) is 1.92. The number of hydrogen-bond acceptors (Lipinski definition) is 2. The minimum Gasteiger partial charge on any atom is -0.504 e. The first-order valence-corrected chi connectivity index (χ1v) is 6.10. The Bertz CT molecular complexity index is 330. The van der Waals surface area contributed by atoms with Gasteiger partial charge in [0.2, 0.25) is 0 Å². The smallest absolute Gasteiger partial charge is 0.161 e. The van der Waals surface area contributed by atoms with E-state index in [4.69, 9.17) is 4.74 Å². The highest BCUT2D eigenvalue weighted by Gasteiger charge is 2.30. The molecule has 0 aromatic heterocycles. The number of ether oxygens (including phenoxy) is 1. The highest BCUT2D eigenvalue weighted by molar-refractivity contribution is 5.47. The summed E-state index contributed by atoms with van der Waals surface area (Å²) in [7, 11) is 1.58. The number of aromatic hydroxyl groups is 1. The van der Waals surface area contributed by atoms with E-state index in [0.717, 1.165) is 11.5 Å². The normalized spacial score (nSPS) is 16.0. The molecule has 0 spiro atoms. The van der Waals surface area contributed by atoms with Crippen molar-refractivity contribution < 1.29 is 9.84 Å². The zero-order valence-corrected chi connectivity index (χ0v) is 10.7. The minimum absolute atomic E-state index is 0.314. The second kappa shape index (κ2) is 5.78. The lowest BCUT2D eigenvalue weighted by Gasteiger charge is -2.14. The number of rotatable bonds is 3. The van der Waals surface area contributed by atoms with E-state index in [0.29, 0.717) is 17.4 Å². The molecule has 1 saturated carbocycles. The number of para-hydroxylation sites is 1. The predicted molar refractivity (Wildman–Crippen MR) is 67.1 cm³/mol. The quantitative estimate of drug-likeness (QED) is 0.839. The molecule has 1 aromatic carbocycles. The average Bonchev–Trinajstić information content (AvgIpc) is 3.15. The van der Waals surface area contributed by atoms with Crippen LogP contribution in [-0.2, 0) is 0 Å². The summed E-state index contributed by atoms with van der Waals surface area (Å²) in [5, 5.41) is 9.91. The molecule has 0 heterocycles. The van der Waals surface area contributed by atoms with E-state index in [1.54, 1.807) is 13.2 Å². The third-order valence-corrected chi connectivity index (χ3v) is 3.07. The fourth-order valence-corrected chi connectivity index (χ4v) is 1.92. The van der Waals surface area contributed by atoms with Crippen molar-refractivity contribution >= 4 is 0 Å². The fraction of sp³-hybridized carbons (Fsp3) is 0.571. The van der Waals surface area contributed by atoms with Gasteiger partial charge in [0.25, 0.3) is 0 Å². The van der Waals surface area contributed by atoms with Crippen LogP contribution in [0.2, 0.25) is 0 Å². The summed E-state index contributed by atoms with van der Waals surface area (Å²) in [5.74, 6) is 2.10. The lowest BCUT2D eigenvalue weighted by molar-refractivity contribution is 0.368. The third-order valence-electron chi connectivity index (χ3n) is 3.07. The van der Waals surface area contributed by atoms with Crippen LogP contribution in [0.5, 0.6) is 11.5 Å². The van der Waals surface area contributed by atoms with Crippen LogP contribution in [-0.4, -0.2) is 12.2 Å². The van der Waals surface area contributed by atoms with E-state index in [9.17, 15) is 5.11 Å². The Hall–Kier alpha value is -1.18. The van der Waals surface area contributed by atoms with Crippen molar-refractivity contribution in [3.8, 4) is 11.5 Å². The molecular formula is C14H22O2. The van der Waals surface area contributed by atoms with Crippen molar-refractivity contribution in [2.45, 2.75) is 39.5 Å². The Morgan fingerprint density at radius 2 is 1.94 bits per heavy atom. The molecule has 1 atom stereocenters. The summed E-state index contributed by atoms with van der Waals surface area (Å²) in [6, 6.07) is 5.71. The zero-order valence-electron chi connectivity index (χ0n) is 10.7. The number of phenolic OH excluding ortho intramolecular Hbond substituents is 1. The Labute approximate surface area is 98.3 Å². The summed E-state index contributed by atoms with van der Waals surface area (Å²) < 4.78 is 5.09. The lowest BCUT2D eigenvalue weighted by atomic mass is 9.95. The molecule has 0 radical (unpaired) electrons. The van der Waals surface area contributed by atoms with Crippen LogP contribution in [0.1, 0.15) is 45.1 Å². The predicted octanol–water partition coefficient (Wildman–Crippen LogP) is 3.94. The van der Waals surface area contributed by atoms with Gasteiger partial charge in [-0.1, -0.05) is 32.9 Å². The number of hydrogen-bond donors (Lipinski definition) is 1. The van der Waals surface area contributed by atoms with E-state index >= 15 is 0 Å². The maximum absolute atomic E-state index is 9.91. The molecule has 0 amide bonds. The lowest BCUT2D eigenvalue weighted by Crippen LogP contribution is -1.97. The molecule has 1 aliphatic carbocycles. The first-order chi connectivity index (χ1) is 7.74. The van der Waals surface area contributed by atoms with E-state index < -0.39 is 0 Å². The van der Waals surface area contributed by atoms with Crippen LogP contribution >= 0.6 is 0 Å². The van der Waals surface area contributed by atoms with Gasteiger partial charge in [-0.25, -0.2) is 0 Å². The van der Waals surface area contributed by atoms with Gasteiger partial charge in [0.05, 0.1) is 7.11 Å². The van der Waals surface area contributed by atoms with Gasteiger partial charge in [-0.15, -0.1) is 0 Å². The van der Waals surface area contributed by atoms with Crippen molar-refractivity contribution in [2.75, 3.05) is 7.11 Å². The standard InChI is InChI=1S/C12H16O2.C2H6/c1-8(9-6-7-9)10-4-3-5-11(14-2)12(10)13;1-2/h3-5,8-9,13H,6-7H2,1-2H3;1-2H3. The second-order valence-electron chi connectivity index (χ2n) is 4.02. The van der Waals surface area contributed by atoms with E-state index in [1.807, 2.05) is 26.0 Å². The largest absolute Gasteiger partial charge is 0.504 e. The molecule has 0 saturated heterocycles. The van der Waals surface area contributed by atoms with Crippen LogP contribution in [0.4, 0.5) is 0 Å². The van der Waals surface area contributed by atoms with Gasteiger partial charge < -0.3 is 9.84 Å². The minimum atomic E-state index is 0.314. The maximum atomic E-state index is 9.91. The van der Waals surface area contributed by atoms with Crippen LogP contribution in [0.15, 0.2) is 18.2 Å². The molecule has 16 heavy (non-hydrogen) atoms. The van der Waals surface area contributed by atoms with E-state index in [-0.39, 0.29) is 0 Å². The highest BCUT2D eigenvalue weighted by Crippen LogP contribution is 2.46. The third kappa shape index (κ3) is 2.69. The maximum Gasteiger partial charge on any atom is 0.161 e. The summed E-state index contributed by atoms with van der Waals surface area (Å²) in [4.78, 5) is 0. The van der Waals surface area contributed by atoms with Gasteiger partial charge in [0, 0.05) is 5.56 Å². The molecule has 1 unspecified atom stereocenters. The summed E-state index contributed by atoms with van der Waals surface area (Å²) in [5.41, 5.74) is 1.02. The molecule has 2 heteroatoms. The second-order valence-corrected chi connectivity index (χ2v) is 4.02. The summed E-state index contributed by atoms with van der Waals surface area (Å²) in [6.07, 6.45) is 2.58.